The fraction of sp³-hybridized carbons (Fsp3) is 0.647. The van der Waals surface area contributed by atoms with Crippen LogP contribution in [0.2, 0.25) is 0 Å². The third kappa shape index (κ3) is 4.70. The number of carbonyl (C=O) groups is 1. The Morgan fingerprint density at radius 3 is 2.64 bits per heavy atom. The van der Waals surface area contributed by atoms with E-state index in [9.17, 15) is 9.59 Å². The summed E-state index contributed by atoms with van der Waals surface area (Å²) < 4.78 is 2.41. The van der Waals surface area contributed by atoms with Crippen LogP contribution in [-0.2, 0) is 6.54 Å². The van der Waals surface area contributed by atoms with Crippen molar-refractivity contribution in [3.05, 3.63) is 32.7 Å². The Labute approximate surface area is 140 Å². The molecule has 5 heteroatoms. The van der Waals surface area contributed by atoms with Crippen molar-refractivity contribution < 1.29 is 4.79 Å². The Morgan fingerprint density at radius 2 is 2.00 bits per heavy atom. The molecule has 0 bridgehead atoms. The van der Waals surface area contributed by atoms with E-state index in [4.69, 9.17) is 0 Å². The van der Waals surface area contributed by atoms with Crippen LogP contribution in [0.3, 0.4) is 0 Å². The highest BCUT2D eigenvalue weighted by molar-refractivity contribution is 9.10. The fourth-order valence-corrected chi connectivity index (χ4v) is 3.42. The molecule has 1 N–H and O–H groups in total. The van der Waals surface area contributed by atoms with Crippen molar-refractivity contribution in [3.63, 3.8) is 0 Å². The number of nitrogens with one attached hydrogen (secondary N) is 1. The topological polar surface area (TPSA) is 51.1 Å². The van der Waals surface area contributed by atoms with E-state index in [1.54, 1.807) is 16.8 Å². The average Bonchev–Trinajstić information content (AvgIpc) is 2.76. The average molecular weight is 369 g/mol. The minimum absolute atomic E-state index is 0.192. The van der Waals surface area contributed by atoms with Crippen LogP contribution in [0.1, 0.15) is 68.6 Å². The van der Waals surface area contributed by atoms with Crippen molar-refractivity contribution in [2.75, 3.05) is 0 Å². The largest absolute Gasteiger partial charge is 0.349 e. The molecule has 0 atom stereocenters. The number of hydrogen-bond acceptors (Lipinski definition) is 2. The summed E-state index contributed by atoms with van der Waals surface area (Å²) in [6, 6.07) is 1.84. The summed E-state index contributed by atoms with van der Waals surface area (Å²) in [5.41, 5.74) is 0.0532. The summed E-state index contributed by atoms with van der Waals surface area (Å²) in [5.74, 6) is -0.233. The van der Waals surface area contributed by atoms with Gasteiger partial charge in [0.1, 0.15) is 5.56 Å². The van der Waals surface area contributed by atoms with Crippen molar-refractivity contribution >= 4 is 21.8 Å². The van der Waals surface area contributed by atoms with Crippen molar-refractivity contribution in [1.29, 1.82) is 0 Å². The van der Waals surface area contributed by atoms with Crippen LogP contribution in [-0.4, -0.2) is 16.5 Å². The summed E-state index contributed by atoms with van der Waals surface area (Å²) in [7, 11) is 0. The van der Waals surface area contributed by atoms with Crippen molar-refractivity contribution in [1.82, 2.24) is 9.88 Å². The smallest absolute Gasteiger partial charge is 0.263 e. The van der Waals surface area contributed by atoms with Crippen molar-refractivity contribution in [2.45, 2.75) is 70.9 Å². The molecular formula is C17H25BrN2O2. The first kappa shape index (κ1) is 17.3. The third-order valence-electron chi connectivity index (χ3n) is 4.24. The number of halogens is 1. The lowest BCUT2D eigenvalue weighted by Gasteiger charge is -2.16. The molecule has 1 fully saturated rings. The van der Waals surface area contributed by atoms with Crippen LogP contribution in [0.15, 0.2) is 21.5 Å². The van der Waals surface area contributed by atoms with Crippen LogP contribution in [0, 0.1) is 0 Å². The second kappa shape index (κ2) is 8.51. The highest BCUT2D eigenvalue weighted by Crippen LogP contribution is 2.18. The minimum Gasteiger partial charge on any atom is -0.349 e. The molecule has 122 valence electrons. The summed E-state index contributed by atoms with van der Waals surface area (Å²) in [6.45, 7) is 2.74. The van der Waals surface area contributed by atoms with Gasteiger partial charge in [0.05, 0.1) is 0 Å². The van der Waals surface area contributed by atoms with Crippen LogP contribution in [0.25, 0.3) is 0 Å². The molecule has 4 nitrogen and oxygen atoms in total. The van der Waals surface area contributed by atoms with Gasteiger partial charge in [0, 0.05) is 23.3 Å². The van der Waals surface area contributed by atoms with Crippen LogP contribution in [0.5, 0.6) is 0 Å². The molecule has 1 aromatic heterocycles. The maximum absolute atomic E-state index is 12.5. The van der Waals surface area contributed by atoms with Gasteiger partial charge in [-0.15, -0.1) is 0 Å². The second-order valence-electron chi connectivity index (χ2n) is 6.09. The molecule has 1 aromatic rings. The predicted octanol–water partition coefficient (Wildman–Crippen LogP) is 3.86. The molecule has 1 amide bonds. The first-order valence-electron chi connectivity index (χ1n) is 8.32. The monoisotopic (exact) mass is 368 g/mol. The van der Waals surface area contributed by atoms with Gasteiger partial charge >= 0.3 is 0 Å². The molecule has 0 spiro atoms. The minimum atomic E-state index is -0.233. The summed E-state index contributed by atoms with van der Waals surface area (Å²) in [5, 5.41) is 3.05. The standard InChI is InChI=1S/C17H25BrN2O2/c1-2-3-10-20-12-13(18)11-15(17(20)22)16(21)19-14-8-6-4-5-7-9-14/h11-12,14H,2-10H2,1H3,(H,19,21). The third-order valence-corrected chi connectivity index (χ3v) is 4.67. The summed E-state index contributed by atoms with van der Waals surface area (Å²) in [6.07, 6.45) is 10.5. The highest BCUT2D eigenvalue weighted by Gasteiger charge is 2.19. The van der Waals surface area contributed by atoms with E-state index in [2.05, 4.69) is 28.2 Å². The normalized spacial score (nSPS) is 16.3. The van der Waals surface area contributed by atoms with Gasteiger partial charge in [-0.25, -0.2) is 0 Å². The number of pyridine rings is 1. The van der Waals surface area contributed by atoms with E-state index < -0.39 is 0 Å². The van der Waals surface area contributed by atoms with Crippen molar-refractivity contribution in [2.24, 2.45) is 0 Å². The predicted molar refractivity (Wildman–Crippen MR) is 92.3 cm³/mol. The van der Waals surface area contributed by atoms with E-state index in [0.717, 1.165) is 43.0 Å². The van der Waals surface area contributed by atoms with Crippen LogP contribution < -0.4 is 10.9 Å². The molecule has 0 unspecified atom stereocenters. The van der Waals surface area contributed by atoms with Gasteiger partial charge in [-0.1, -0.05) is 39.0 Å². The lowest BCUT2D eigenvalue weighted by atomic mass is 10.1. The quantitative estimate of drug-likeness (QED) is 0.802. The van der Waals surface area contributed by atoms with Gasteiger partial charge in [0.15, 0.2) is 0 Å². The van der Waals surface area contributed by atoms with E-state index in [1.807, 2.05) is 0 Å². The number of carbonyl (C=O) groups excluding carboxylic acids is 1. The zero-order valence-corrected chi connectivity index (χ0v) is 14.8. The first-order chi connectivity index (χ1) is 10.6. The lowest BCUT2D eigenvalue weighted by molar-refractivity contribution is 0.0931. The Kier molecular flexibility index (Phi) is 6.68. The van der Waals surface area contributed by atoms with E-state index in [0.29, 0.717) is 6.54 Å². The number of unbranched alkanes of at least 4 members (excludes halogenated alkanes) is 1. The highest BCUT2D eigenvalue weighted by atomic mass is 79.9. The van der Waals surface area contributed by atoms with Gasteiger partial charge in [-0.2, -0.15) is 0 Å². The number of aryl methyl sites for hydroxylation is 1. The molecule has 0 aromatic carbocycles. The Balaban J connectivity index is 2.14. The Hall–Kier alpha value is -1.10. The van der Waals surface area contributed by atoms with Gasteiger partial charge < -0.3 is 9.88 Å². The summed E-state index contributed by atoms with van der Waals surface area (Å²) >= 11 is 3.41. The Bertz CT molecular complexity index is 560. The lowest BCUT2D eigenvalue weighted by Crippen LogP contribution is -2.38. The van der Waals surface area contributed by atoms with E-state index in [1.165, 1.54) is 12.8 Å². The van der Waals surface area contributed by atoms with E-state index >= 15 is 0 Å². The van der Waals surface area contributed by atoms with Crippen molar-refractivity contribution in [3.8, 4) is 0 Å². The molecule has 1 aliphatic carbocycles. The fourth-order valence-electron chi connectivity index (χ4n) is 2.94. The SMILES string of the molecule is CCCCn1cc(Br)cc(C(=O)NC2CCCCCC2)c1=O. The maximum atomic E-state index is 12.5. The number of rotatable bonds is 5. The molecule has 0 radical (unpaired) electrons. The Morgan fingerprint density at radius 1 is 1.32 bits per heavy atom. The second-order valence-corrected chi connectivity index (χ2v) is 7.00. The number of amides is 1. The molecule has 2 rings (SSSR count). The number of hydrogen-bond donors (Lipinski definition) is 1. The number of aromatic nitrogens is 1. The zero-order chi connectivity index (χ0) is 15.9. The summed E-state index contributed by atoms with van der Waals surface area (Å²) in [4.78, 5) is 24.9. The van der Waals surface area contributed by atoms with Crippen LogP contribution >= 0.6 is 15.9 Å². The molecular weight excluding hydrogens is 344 g/mol. The molecule has 22 heavy (non-hydrogen) atoms. The molecule has 0 aliphatic heterocycles. The van der Waals surface area contributed by atoms with Gasteiger partial charge in [-0.05, 0) is 41.3 Å². The molecule has 1 aliphatic rings. The number of nitrogens with zero attached hydrogens (tertiary/aromatic N) is 1. The van der Waals surface area contributed by atoms with Gasteiger partial charge in [0.25, 0.3) is 11.5 Å². The van der Waals surface area contributed by atoms with Crippen LogP contribution in [0.4, 0.5) is 0 Å². The molecule has 1 saturated carbocycles. The molecule has 1 heterocycles. The maximum Gasteiger partial charge on any atom is 0.263 e. The zero-order valence-electron chi connectivity index (χ0n) is 13.2. The van der Waals surface area contributed by atoms with Gasteiger partial charge in [-0.3, -0.25) is 9.59 Å². The van der Waals surface area contributed by atoms with Gasteiger partial charge in [0.2, 0.25) is 0 Å². The molecule has 0 saturated heterocycles. The van der Waals surface area contributed by atoms with E-state index in [-0.39, 0.29) is 23.1 Å². The first-order valence-corrected chi connectivity index (χ1v) is 9.12.